The predicted molar refractivity (Wildman–Crippen MR) is 81.8 cm³/mol. The third-order valence-electron chi connectivity index (χ3n) is 2.75. The van der Waals surface area contributed by atoms with Gasteiger partial charge in [0.2, 0.25) is 0 Å². The van der Waals surface area contributed by atoms with E-state index < -0.39 is 0 Å². The zero-order chi connectivity index (χ0) is 13.0. The second kappa shape index (κ2) is 6.68. The van der Waals surface area contributed by atoms with Crippen LogP contribution < -0.4 is 5.32 Å². The Hall–Kier alpha value is -0.390. The molecule has 18 heavy (non-hydrogen) atoms. The maximum absolute atomic E-state index is 5.91. The van der Waals surface area contributed by atoms with Crippen LogP contribution in [0.4, 0.5) is 0 Å². The molecule has 2 nitrogen and oxygen atoms in total. The Labute approximate surface area is 121 Å². The second-order valence-corrected chi connectivity index (χ2v) is 6.77. The van der Waals surface area contributed by atoms with Crippen LogP contribution in [0.1, 0.15) is 15.8 Å². The molecule has 1 N–H and O–H groups in total. The van der Waals surface area contributed by atoms with Crippen molar-refractivity contribution in [2.24, 2.45) is 0 Å². The van der Waals surface area contributed by atoms with Crippen LogP contribution in [0.5, 0.6) is 0 Å². The van der Waals surface area contributed by atoms with Crippen molar-refractivity contribution >= 4 is 34.3 Å². The van der Waals surface area contributed by atoms with Crippen molar-refractivity contribution in [3.8, 4) is 0 Å². The van der Waals surface area contributed by atoms with E-state index in [-0.39, 0.29) is 0 Å². The molecular formula is C13H17ClN2S2. The van der Waals surface area contributed by atoms with E-state index in [9.17, 15) is 0 Å². The first-order chi connectivity index (χ1) is 8.66. The molecular weight excluding hydrogens is 284 g/mol. The van der Waals surface area contributed by atoms with Crippen LogP contribution in [0.15, 0.2) is 29.0 Å². The zero-order valence-electron chi connectivity index (χ0n) is 10.5. The van der Waals surface area contributed by atoms with Crippen molar-refractivity contribution in [3.63, 3.8) is 0 Å². The standard InChI is InChI=1S/C13H17ClN2S2/c1-16(2)12(13-4-3-5-17-13)8-15-7-11-6-10(14)9-18-11/h3-6,9,12,15H,7-8H2,1-2H3. The zero-order valence-corrected chi connectivity index (χ0v) is 12.9. The molecule has 2 aromatic heterocycles. The van der Waals surface area contributed by atoms with Crippen molar-refractivity contribution in [1.29, 1.82) is 0 Å². The summed E-state index contributed by atoms with van der Waals surface area (Å²) in [5, 5.41) is 8.44. The van der Waals surface area contributed by atoms with Gasteiger partial charge in [-0.2, -0.15) is 0 Å². The van der Waals surface area contributed by atoms with Crippen LogP contribution in [0.2, 0.25) is 5.02 Å². The maximum atomic E-state index is 5.91. The lowest BCUT2D eigenvalue weighted by Crippen LogP contribution is -2.30. The van der Waals surface area contributed by atoms with Crippen LogP contribution in [-0.2, 0) is 6.54 Å². The second-order valence-electron chi connectivity index (χ2n) is 4.36. The lowest BCUT2D eigenvalue weighted by molar-refractivity contribution is 0.292. The van der Waals surface area contributed by atoms with Crippen molar-refractivity contribution in [2.45, 2.75) is 12.6 Å². The molecule has 98 valence electrons. The van der Waals surface area contributed by atoms with E-state index in [2.05, 4.69) is 41.8 Å². The van der Waals surface area contributed by atoms with Crippen LogP contribution in [0, 0.1) is 0 Å². The highest BCUT2D eigenvalue weighted by molar-refractivity contribution is 7.10. The van der Waals surface area contributed by atoms with Crippen LogP contribution >= 0.6 is 34.3 Å². The first-order valence-corrected chi connectivity index (χ1v) is 7.94. The maximum Gasteiger partial charge on any atom is 0.0561 e. The highest BCUT2D eigenvalue weighted by Crippen LogP contribution is 2.23. The van der Waals surface area contributed by atoms with Gasteiger partial charge in [-0.3, -0.25) is 0 Å². The molecule has 0 saturated heterocycles. The molecule has 2 heterocycles. The van der Waals surface area contributed by atoms with E-state index in [1.165, 1.54) is 9.75 Å². The monoisotopic (exact) mass is 300 g/mol. The minimum absolute atomic E-state index is 0.431. The summed E-state index contributed by atoms with van der Waals surface area (Å²) in [5.41, 5.74) is 0. The Balaban J connectivity index is 1.87. The molecule has 0 radical (unpaired) electrons. The highest BCUT2D eigenvalue weighted by atomic mass is 35.5. The molecule has 0 fully saturated rings. The number of halogens is 1. The van der Waals surface area contributed by atoms with Gasteiger partial charge in [-0.25, -0.2) is 0 Å². The predicted octanol–water partition coefficient (Wildman–Crippen LogP) is 3.86. The summed E-state index contributed by atoms with van der Waals surface area (Å²) in [7, 11) is 4.24. The van der Waals surface area contributed by atoms with Gasteiger partial charge in [0.15, 0.2) is 0 Å². The van der Waals surface area contributed by atoms with E-state index in [4.69, 9.17) is 11.6 Å². The van der Waals surface area contributed by atoms with Gasteiger partial charge in [0.05, 0.1) is 11.1 Å². The molecule has 0 aliphatic carbocycles. The molecule has 0 spiro atoms. The van der Waals surface area contributed by atoms with Gasteiger partial charge in [-0.05, 0) is 31.6 Å². The Morgan fingerprint density at radius 3 is 2.78 bits per heavy atom. The summed E-state index contributed by atoms with van der Waals surface area (Å²) < 4.78 is 0. The van der Waals surface area contributed by atoms with Gasteiger partial charge in [-0.15, -0.1) is 22.7 Å². The first-order valence-electron chi connectivity index (χ1n) is 5.80. The normalized spacial score (nSPS) is 13.1. The Kier molecular flexibility index (Phi) is 5.21. The van der Waals surface area contributed by atoms with Crippen LogP contribution in [0.25, 0.3) is 0 Å². The van der Waals surface area contributed by atoms with Crippen LogP contribution in [0.3, 0.4) is 0 Å². The number of likely N-dealkylation sites (N-methyl/N-ethyl adjacent to an activating group) is 1. The molecule has 0 saturated carbocycles. The largest absolute Gasteiger partial charge is 0.310 e. The molecule has 1 atom stereocenters. The molecule has 1 unspecified atom stereocenters. The van der Waals surface area contributed by atoms with Gasteiger partial charge in [0, 0.05) is 28.2 Å². The lowest BCUT2D eigenvalue weighted by Gasteiger charge is -2.23. The number of nitrogens with one attached hydrogen (secondary N) is 1. The molecule has 2 rings (SSSR count). The van der Waals surface area contributed by atoms with Crippen molar-refractivity contribution in [2.75, 3.05) is 20.6 Å². The molecule has 0 amide bonds. The quantitative estimate of drug-likeness (QED) is 0.871. The minimum atomic E-state index is 0.431. The van der Waals surface area contributed by atoms with E-state index >= 15 is 0 Å². The Morgan fingerprint density at radius 1 is 1.39 bits per heavy atom. The van der Waals surface area contributed by atoms with Gasteiger partial charge < -0.3 is 10.2 Å². The van der Waals surface area contributed by atoms with Gasteiger partial charge in [0.25, 0.3) is 0 Å². The van der Waals surface area contributed by atoms with Crippen molar-refractivity contribution < 1.29 is 0 Å². The van der Waals surface area contributed by atoms with Gasteiger partial charge in [-0.1, -0.05) is 17.7 Å². The Bertz CT molecular complexity index is 465. The number of rotatable bonds is 6. The van der Waals surface area contributed by atoms with E-state index in [0.29, 0.717) is 6.04 Å². The third kappa shape index (κ3) is 3.80. The summed E-state index contributed by atoms with van der Waals surface area (Å²) in [6.45, 7) is 1.83. The van der Waals surface area contributed by atoms with Crippen molar-refractivity contribution in [3.05, 3.63) is 43.7 Å². The molecule has 0 aliphatic rings. The molecule has 0 aromatic carbocycles. The molecule has 0 aliphatic heterocycles. The average molecular weight is 301 g/mol. The summed E-state index contributed by atoms with van der Waals surface area (Å²) in [6, 6.07) is 6.75. The van der Waals surface area contributed by atoms with E-state index in [1.807, 2.05) is 22.8 Å². The fourth-order valence-electron chi connectivity index (χ4n) is 1.80. The summed E-state index contributed by atoms with van der Waals surface area (Å²) in [6.07, 6.45) is 0. The summed E-state index contributed by atoms with van der Waals surface area (Å²) in [5.74, 6) is 0. The fraction of sp³-hybridized carbons (Fsp3) is 0.385. The number of hydrogen-bond acceptors (Lipinski definition) is 4. The summed E-state index contributed by atoms with van der Waals surface area (Å²) >= 11 is 9.42. The minimum Gasteiger partial charge on any atom is -0.310 e. The topological polar surface area (TPSA) is 15.3 Å². The van der Waals surface area contributed by atoms with E-state index in [0.717, 1.165) is 18.1 Å². The molecule has 2 aromatic rings. The molecule has 5 heteroatoms. The van der Waals surface area contributed by atoms with E-state index in [1.54, 1.807) is 11.3 Å². The van der Waals surface area contributed by atoms with Crippen LogP contribution in [-0.4, -0.2) is 25.5 Å². The highest BCUT2D eigenvalue weighted by Gasteiger charge is 2.14. The smallest absolute Gasteiger partial charge is 0.0561 e. The first kappa shape index (κ1) is 14.0. The fourth-order valence-corrected chi connectivity index (χ4v) is 3.76. The number of thiophene rings is 2. The number of hydrogen-bond donors (Lipinski definition) is 1. The lowest BCUT2D eigenvalue weighted by atomic mass is 10.2. The van der Waals surface area contributed by atoms with Crippen molar-refractivity contribution in [1.82, 2.24) is 10.2 Å². The number of nitrogens with zero attached hydrogens (tertiary/aromatic N) is 1. The SMILES string of the molecule is CN(C)C(CNCc1cc(Cl)cs1)c1cccs1. The summed E-state index contributed by atoms with van der Waals surface area (Å²) in [4.78, 5) is 4.93. The Morgan fingerprint density at radius 2 is 2.22 bits per heavy atom. The average Bonchev–Trinajstić information content (AvgIpc) is 2.95. The van der Waals surface area contributed by atoms with Gasteiger partial charge >= 0.3 is 0 Å². The molecule has 0 bridgehead atoms. The van der Waals surface area contributed by atoms with Gasteiger partial charge in [0.1, 0.15) is 0 Å². The third-order valence-corrected chi connectivity index (χ3v) is 5.01.